The van der Waals surface area contributed by atoms with Gasteiger partial charge in [-0.3, -0.25) is 0 Å². The molecule has 2 rings (SSSR count). The van der Waals surface area contributed by atoms with Gasteiger partial charge < -0.3 is 4.55 Å². The van der Waals surface area contributed by atoms with Crippen molar-refractivity contribution in [3.05, 3.63) is 67.3 Å². The van der Waals surface area contributed by atoms with Crippen molar-refractivity contribution in [2.75, 3.05) is 0 Å². The summed E-state index contributed by atoms with van der Waals surface area (Å²) in [6.07, 6.45) is 0. The van der Waals surface area contributed by atoms with E-state index in [1.54, 1.807) is 0 Å². The molecule has 0 saturated heterocycles. The summed E-state index contributed by atoms with van der Waals surface area (Å²) < 4.78 is 61.9. The molecule has 0 aliphatic carbocycles. The number of benzene rings is 2. The zero-order valence-corrected chi connectivity index (χ0v) is 14.3. The molecule has 2 aromatic carbocycles. The molecule has 0 N–H and O–H groups in total. The summed E-state index contributed by atoms with van der Waals surface area (Å²) in [4.78, 5) is 0. The molecule has 0 unspecified atom stereocenters. The first kappa shape index (κ1) is 18.9. The molecule has 0 bridgehead atoms. The molecule has 3 nitrogen and oxygen atoms in total. The molecule has 0 aromatic heterocycles. The van der Waals surface area contributed by atoms with Gasteiger partial charge in [0.25, 0.3) is 0 Å². The van der Waals surface area contributed by atoms with Crippen LogP contribution in [0.5, 0.6) is 0 Å². The highest BCUT2D eigenvalue weighted by Gasteiger charge is 2.36. The van der Waals surface area contributed by atoms with E-state index < -0.39 is 15.6 Å². The highest BCUT2D eigenvalue weighted by Crippen LogP contribution is 2.20. The second kappa shape index (κ2) is 7.93. The van der Waals surface area contributed by atoms with Crippen molar-refractivity contribution < 1.29 is 47.3 Å². The fourth-order valence-electron chi connectivity index (χ4n) is 1.25. The molecule has 0 aliphatic heterocycles. The van der Waals surface area contributed by atoms with E-state index >= 15 is 0 Å². The number of rotatable bonds is 2. The first-order valence-electron chi connectivity index (χ1n) is 5.89. The van der Waals surface area contributed by atoms with Crippen LogP contribution in [0.1, 0.15) is 5.56 Å². The van der Waals surface area contributed by atoms with Crippen LogP contribution in [0.4, 0.5) is 13.2 Å². The second-order valence-electron chi connectivity index (χ2n) is 4.04. The molecular formula is C14H12F3IO3S. The van der Waals surface area contributed by atoms with E-state index in [0.717, 1.165) is 0 Å². The molecule has 120 valence electrons. The molecule has 22 heavy (non-hydrogen) atoms. The summed E-state index contributed by atoms with van der Waals surface area (Å²) in [5, 5.41) is 0. The predicted octanol–water partition coefficient (Wildman–Crippen LogP) is 0.175. The fourth-order valence-corrected chi connectivity index (χ4v) is 3.69. The Morgan fingerprint density at radius 1 is 0.955 bits per heavy atom. The van der Waals surface area contributed by atoms with E-state index in [0.29, 0.717) is 0 Å². The summed E-state index contributed by atoms with van der Waals surface area (Å²) in [5.74, 6) is 0. The molecule has 2 aromatic rings. The minimum Gasteiger partial charge on any atom is -0.741 e. The summed E-state index contributed by atoms with van der Waals surface area (Å²) in [5.41, 5.74) is -4.23. The Balaban J connectivity index is 0.000000261. The molecule has 0 aliphatic rings. The van der Waals surface area contributed by atoms with E-state index in [4.69, 9.17) is 13.0 Å². The lowest BCUT2D eigenvalue weighted by molar-refractivity contribution is -0.598. The Labute approximate surface area is 137 Å². The van der Waals surface area contributed by atoms with Crippen LogP contribution < -0.4 is 21.2 Å². The van der Waals surface area contributed by atoms with Crippen molar-refractivity contribution in [1.29, 1.82) is 0 Å². The van der Waals surface area contributed by atoms with Gasteiger partial charge in [0.05, 0.1) is 0 Å². The molecule has 0 amide bonds. The molecule has 0 spiro atoms. The van der Waals surface area contributed by atoms with Gasteiger partial charge in [-0.05, 0) is 25.1 Å². The molecule has 0 atom stereocenters. The maximum Gasteiger partial charge on any atom is 0.485 e. The van der Waals surface area contributed by atoms with Crippen LogP contribution in [-0.4, -0.2) is 18.5 Å². The smallest absolute Gasteiger partial charge is 0.485 e. The first-order valence-corrected chi connectivity index (χ1v) is 9.45. The van der Waals surface area contributed by atoms with Crippen molar-refractivity contribution in [2.45, 2.75) is 12.4 Å². The minimum absolute atomic E-state index is 0.00698. The summed E-state index contributed by atoms with van der Waals surface area (Å²) >= 11 is 0.00698. The SMILES string of the molecule is Cc1ccccc1[I+]c1ccccc1.O=S(=O)([O-])C(F)(F)F. The van der Waals surface area contributed by atoms with Crippen molar-refractivity contribution >= 4 is 10.1 Å². The van der Waals surface area contributed by atoms with Crippen LogP contribution in [0.2, 0.25) is 0 Å². The van der Waals surface area contributed by atoms with Crippen molar-refractivity contribution in [3.8, 4) is 0 Å². The molecule has 8 heteroatoms. The van der Waals surface area contributed by atoms with Crippen LogP contribution >= 0.6 is 0 Å². The third-order valence-electron chi connectivity index (χ3n) is 2.30. The Morgan fingerprint density at radius 3 is 1.86 bits per heavy atom. The van der Waals surface area contributed by atoms with Crippen LogP contribution in [0.3, 0.4) is 0 Å². The van der Waals surface area contributed by atoms with Gasteiger partial charge >= 0.3 is 26.7 Å². The van der Waals surface area contributed by atoms with Gasteiger partial charge in [0, 0.05) is 5.56 Å². The van der Waals surface area contributed by atoms with Crippen molar-refractivity contribution in [2.24, 2.45) is 0 Å². The maximum absolute atomic E-state index is 10.7. The monoisotopic (exact) mass is 444 g/mol. The highest BCUT2D eigenvalue weighted by atomic mass is 127. The lowest BCUT2D eigenvalue weighted by Crippen LogP contribution is -3.61. The van der Waals surface area contributed by atoms with Crippen molar-refractivity contribution in [3.63, 3.8) is 0 Å². The molecular weight excluding hydrogens is 432 g/mol. The Morgan fingerprint density at radius 2 is 1.41 bits per heavy atom. The third-order valence-corrected chi connectivity index (χ3v) is 6.00. The molecule has 0 fully saturated rings. The van der Waals surface area contributed by atoms with Gasteiger partial charge in [0.15, 0.2) is 17.3 Å². The Bertz CT molecular complexity index is 701. The number of hydrogen-bond donors (Lipinski definition) is 0. The second-order valence-corrected chi connectivity index (χ2v) is 8.36. The third kappa shape index (κ3) is 6.32. The normalized spacial score (nSPS) is 11.5. The lowest BCUT2D eigenvalue weighted by Gasteiger charge is -2.08. The van der Waals surface area contributed by atoms with Gasteiger partial charge in [-0.1, -0.05) is 36.4 Å². The Hall–Kier alpha value is -1.13. The van der Waals surface area contributed by atoms with E-state index in [-0.39, 0.29) is 21.2 Å². The standard InChI is InChI=1S/C13H12I.CHF3O3S/c1-11-7-5-6-10-13(11)14-12-8-3-2-4-9-12;2-1(3,4)8(5,6)7/h2-10H,1H3;(H,5,6,7)/q+1;/p-1. The quantitative estimate of drug-likeness (QED) is 0.377. The summed E-state index contributed by atoms with van der Waals surface area (Å²) in [7, 11) is -6.09. The molecule has 0 saturated carbocycles. The number of aryl methyl sites for hydroxylation is 1. The summed E-state index contributed by atoms with van der Waals surface area (Å²) in [6.45, 7) is 2.19. The first-order chi connectivity index (χ1) is 10.1. The molecule has 0 heterocycles. The van der Waals surface area contributed by atoms with Crippen LogP contribution in [-0.2, 0) is 10.1 Å². The Kier molecular flexibility index (Phi) is 6.82. The highest BCUT2D eigenvalue weighted by molar-refractivity contribution is 7.86. The lowest BCUT2D eigenvalue weighted by atomic mass is 10.2. The van der Waals surface area contributed by atoms with Gasteiger partial charge in [-0.15, -0.1) is 0 Å². The van der Waals surface area contributed by atoms with Crippen molar-refractivity contribution in [1.82, 2.24) is 0 Å². The minimum atomic E-state index is -6.09. The van der Waals surface area contributed by atoms with E-state index in [1.165, 1.54) is 12.7 Å². The zero-order valence-electron chi connectivity index (χ0n) is 11.3. The van der Waals surface area contributed by atoms with E-state index in [2.05, 4.69) is 61.5 Å². The topological polar surface area (TPSA) is 57.2 Å². The number of halogens is 4. The van der Waals surface area contributed by atoms with Crippen LogP contribution in [0.15, 0.2) is 54.6 Å². The van der Waals surface area contributed by atoms with Crippen LogP contribution in [0, 0.1) is 14.1 Å². The number of alkyl halides is 3. The maximum atomic E-state index is 10.7. The van der Waals surface area contributed by atoms with E-state index in [1.807, 2.05) is 0 Å². The van der Waals surface area contributed by atoms with Gasteiger partial charge in [-0.2, -0.15) is 13.2 Å². The molecule has 0 radical (unpaired) electrons. The predicted molar refractivity (Wildman–Crippen MR) is 70.8 cm³/mol. The van der Waals surface area contributed by atoms with E-state index in [9.17, 15) is 13.2 Å². The fraction of sp³-hybridized carbons (Fsp3) is 0.143. The van der Waals surface area contributed by atoms with Gasteiger partial charge in [-0.25, -0.2) is 8.42 Å². The number of hydrogen-bond acceptors (Lipinski definition) is 3. The zero-order chi connectivity index (χ0) is 16.8. The van der Waals surface area contributed by atoms with Gasteiger partial charge in [0.2, 0.25) is 0 Å². The average molecular weight is 444 g/mol. The largest absolute Gasteiger partial charge is 0.741 e. The van der Waals surface area contributed by atoms with Gasteiger partial charge in [0.1, 0.15) is 0 Å². The average Bonchev–Trinajstić information content (AvgIpc) is 2.41. The summed E-state index contributed by atoms with van der Waals surface area (Å²) in [6, 6.07) is 19.4. The van der Waals surface area contributed by atoms with Crippen LogP contribution in [0.25, 0.3) is 0 Å².